The summed E-state index contributed by atoms with van der Waals surface area (Å²) in [7, 11) is 0. The normalized spacial score (nSPS) is 9.76. The summed E-state index contributed by atoms with van der Waals surface area (Å²) in [5.74, 6) is 0.0954. The van der Waals surface area contributed by atoms with Crippen LogP contribution in [-0.2, 0) is 4.79 Å². The fourth-order valence-corrected chi connectivity index (χ4v) is 1.96. The Bertz CT molecular complexity index is 711. The molecule has 0 aliphatic rings. The van der Waals surface area contributed by atoms with Crippen LogP contribution in [0.4, 0.5) is 5.69 Å². The van der Waals surface area contributed by atoms with E-state index in [0.29, 0.717) is 27.0 Å². The van der Waals surface area contributed by atoms with E-state index in [2.05, 4.69) is 5.32 Å². The van der Waals surface area contributed by atoms with E-state index in [9.17, 15) is 4.79 Å². The van der Waals surface area contributed by atoms with E-state index in [4.69, 9.17) is 33.2 Å². The van der Waals surface area contributed by atoms with Gasteiger partial charge in [-0.1, -0.05) is 29.3 Å². The fourth-order valence-electron chi connectivity index (χ4n) is 1.61. The van der Waals surface area contributed by atoms with Crippen molar-refractivity contribution in [1.29, 1.82) is 5.26 Å². The van der Waals surface area contributed by atoms with Crippen LogP contribution in [0, 0.1) is 11.3 Å². The lowest BCUT2D eigenvalue weighted by atomic mass is 10.2. The van der Waals surface area contributed by atoms with E-state index in [1.807, 2.05) is 6.07 Å². The molecule has 0 fully saturated rings. The molecule has 0 heterocycles. The largest absolute Gasteiger partial charge is 0.484 e. The Morgan fingerprint density at radius 2 is 1.95 bits per heavy atom. The maximum Gasteiger partial charge on any atom is 0.262 e. The number of benzene rings is 2. The maximum atomic E-state index is 11.8. The number of rotatable bonds is 4. The van der Waals surface area contributed by atoms with Crippen LogP contribution in [0.15, 0.2) is 42.5 Å². The van der Waals surface area contributed by atoms with Gasteiger partial charge < -0.3 is 10.1 Å². The number of nitriles is 1. The number of carbonyl (C=O) groups excluding carboxylic acids is 1. The first kappa shape index (κ1) is 15.2. The Morgan fingerprint density at radius 1 is 1.19 bits per heavy atom. The summed E-state index contributed by atoms with van der Waals surface area (Å²) in [5.41, 5.74) is 0.681. The van der Waals surface area contributed by atoms with Crippen LogP contribution >= 0.6 is 23.2 Å². The van der Waals surface area contributed by atoms with Crippen molar-refractivity contribution in [2.24, 2.45) is 0 Å². The monoisotopic (exact) mass is 320 g/mol. The minimum absolute atomic E-state index is 0.197. The molecule has 0 bridgehead atoms. The zero-order chi connectivity index (χ0) is 15.2. The molecule has 106 valence electrons. The van der Waals surface area contributed by atoms with Crippen LogP contribution in [0.3, 0.4) is 0 Å². The summed E-state index contributed by atoms with van der Waals surface area (Å²) in [6, 6.07) is 13.3. The first-order valence-electron chi connectivity index (χ1n) is 5.96. The van der Waals surface area contributed by atoms with Gasteiger partial charge in [0.1, 0.15) is 11.8 Å². The van der Waals surface area contributed by atoms with Gasteiger partial charge in [-0.2, -0.15) is 5.26 Å². The highest BCUT2D eigenvalue weighted by atomic mass is 35.5. The second kappa shape index (κ2) is 6.98. The number of hydrogen-bond donors (Lipinski definition) is 1. The highest BCUT2D eigenvalue weighted by Crippen LogP contribution is 2.21. The highest BCUT2D eigenvalue weighted by Gasteiger charge is 2.08. The van der Waals surface area contributed by atoms with E-state index in [0.717, 1.165) is 0 Å². The number of ether oxygens (including phenoxy) is 1. The molecular weight excluding hydrogens is 311 g/mol. The van der Waals surface area contributed by atoms with E-state index in [1.54, 1.807) is 30.3 Å². The average molecular weight is 321 g/mol. The number of carbonyl (C=O) groups is 1. The maximum absolute atomic E-state index is 11.8. The minimum atomic E-state index is -0.395. The summed E-state index contributed by atoms with van der Waals surface area (Å²) in [6.07, 6.45) is 0. The highest BCUT2D eigenvalue weighted by molar-refractivity contribution is 6.31. The second-order valence-electron chi connectivity index (χ2n) is 4.10. The zero-order valence-corrected chi connectivity index (χ0v) is 12.3. The molecule has 0 atom stereocenters. The number of hydrogen-bond acceptors (Lipinski definition) is 3. The molecule has 0 spiro atoms. The molecule has 4 nitrogen and oxygen atoms in total. The van der Waals surface area contributed by atoms with Gasteiger partial charge in [-0.05, 0) is 36.4 Å². The van der Waals surface area contributed by atoms with E-state index >= 15 is 0 Å². The van der Waals surface area contributed by atoms with Gasteiger partial charge in [-0.25, -0.2) is 0 Å². The van der Waals surface area contributed by atoms with Crippen LogP contribution < -0.4 is 10.1 Å². The fraction of sp³-hybridized carbons (Fsp3) is 0.0667. The number of anilines is 1. The SMILES string of the molecule is N#Cc1ccc(Cl)cc1NC(=O)COc1cccc(Cl)c1. The lowest BCUT2D eigenvalue weighted by molar-refractivity contribution is -0.118. The van der Waals surface area contributed by atoms with Crippen LogP contribution in [0.5, 0.6) is 5.75 Å². The van der Waals surface area contributed by atoms with Gasteiger partial charge in [0.15, 0.2) is 6.61 Å². The number of nitrogens with zero attached hydrogens (tertiary/aromatic N) is 1. The van der Waals surface area contributed by atoms with Crippen molar-refractivity contribution in [2.75, 3.05) is 11.9 Å². The van der Waals surface area contributed by atoms with Gasteiger partial charge in [0.25, 0.3) is 5.91 Å². The van der Waals surface area contributed by atoms with Crippen molar-refractivity contribution in [3.05, 3.63) is 58.1 Å². The third kappa shape index (κ3) is 4.38. The zero-order valence-electron chi connectivity index (χ0n) is 10.8. The van der Waals surface area contributed by atoms with Crippen molar-refractivity contribution < 1.29 is 9.53 Å². The van der Waals surface area contributed by atoms with E-state index in [-0.39, 0.29) is 6.61 Å². The van der Waals surface area contributed by atoms with Crippen LogP contribution in [0.2, 0.25) is 10.0 Å². The third-order valence-corrected chi connectivity index (χ3v) is 3.01. The van der Waals surface area contributed by atoms with Crippen LogP contribution in [0.25, 0.3) is 0 Å². The van der Waals surface area contributed by atoms with Gasteiger partial charge in [0.2, 0.25) is 0 Å². The van der Waals surface area contributed by atoms with Crippen molar-refractivity contribution in [2.45, 2.75) is 0 Å². The Labute approximate surface area is 131 Å². The number of amides is 1. The predicted molar refractivity (Wildman–Crippen MR) is 81.7 cm³/mol. The molecule has 2 aromatic carbocycles. The van der Waals surface area contributed by atoms with Gasteiger partial charge in [0.05, 0.1) is 11.3 Å². The summed E-state index contributed by atoms with van der Waals surface area (Å²) in [6.45, 7) is -0.197. The van der Waals surface area contributed by atoms with Gasteiger partial charge in [0, 0.05) is 10.0 Å². The summed E-state index contributed by atoms with van der Waals surface area (Å²) >= 11 is 11.7. The smallest absolute Gasteiger partial charge is 0.262 e. The summed E-state index contributed by atoms with van der Waals surface area (Å²) in [5, 5.41) is 12.5. The summed E-state index contributed by atoms with van der Waals surface area (Å²) in [4.78, 5) is 11.8. The van der Waals surface area contributed by atoms with Gasteiger partial charge in [-0.3, -0.25) is 4.79 Å². The topological polar surface area (TPSA) is 62.1 Å². The molecule has 0 saturated heterocycles. The molecule has 21 heavy (non-hydrogen) atoms. The molecule has 1 amide bonds. The van der Waals surface area contributed by atoms with E-state index in [1.165, 1.54) is 12.1 Å². The third-order valence-electron chi connectivity index (χ3n) is 2.54. The first-order chi connectivity index (χ1) is 10.1. The molecule has 0 aromatic heterocycles. The van der Waals surface area contributed by atoms with Crippen LogP contribution in [0.1, 0.15) is 5.56 Å². The molecule has 2 aromatic rings. The minimum Gasteiger partial charge on any atom is -0.484 e. The number of nitrogens with one attached hydrogen (secondary N) is 1. The molecule has 6 heteroatoms. The van der Waals surface area contributed by atoms with Crippen molar-refractivity contribution in [3.63, 3.8) is 0 Å². The molecule has 0 aliphatic carbocycles. The summed E-state index contributed by atoms with van der Waals surface area (Å²) < 4.78 is 5.31. The Morgan fingerprint density at radius 3 is 2.67 bits per heavy atom. The second-order valence-corrected chi connectivity index (χ2v) is 4.97. The number of halogens is 2. The Kier molecular flexibility index (Phi) is 5.04. The molecular formula is C15H10Cl2N2O2. The molecule has 0 unspecified atom stereocenters. The Hall–Kier alpha value is -2.22. The van der Waals surface area contributed by atoms with Crippen molar-refractivity contribution in [3.8, 4) is 11.8 Å². The first-order valence-corrected chi connectivity index (χ1v) is 6.72. The van der Waals surface area contributed by atoms with E-state index < -0.39 is 5.91 Å². The van der Waals surface area contributed by atoms with Crippen LogP contribution in [-0.4, -0.2) is 12.5 Å². The lowest BCUT2D eigenvalue weighted by Gasteiger charge is -2.09. The van der Waals surface area contributed by atoms with Crippen molar-refractivity contribution >= 4 is 34.8 Å². The molecule has 1 N–H and O–H groups in total. The Balaban J connectivity index is 1.99. The molecule has 0 aliphatic heterocycles. The van der Waals surface area contributed by atoms with Crippen molar-refractivity contribution in [1.82, 2.24) is 0 Å². The molecule has 0 saturated carbocycles. The predicted octanol–water partition coefficient (Wildman–Crippen LogP) is 3.88. The average Bonchev–Trinajstić information content (AvgIpc) is 2.45. The molecule has 2 rings (SSSR count). The van der Waals surface area contributed by atoms with Gasteiger partial charge >= 0.3 is 0 Å². The van der Waals surface area contributed by atoms with Gasteiger partial charge in [-0.15, -0.1) is 0 Å². The quantitative estimate of drug-likeness (QED) is 0.929. The lowest BCUT2D eigenvalue weighted by Crippen LogP contribution is -2.20. The standard InChI is InChI=1S/C15H10Cl2N2O2/c16-11-2-1-3-13(6-11)21-9-15(20)19-14-7-12(17)5-4-10(14)8-18/h1-7H,9H2,(H,19,20). The molecule has 0 radical (unpaired) electrons.